The van der Waals surface area contributed by atoms with E-state index in [0.29, 0.717) is 37.0 Å². The van der Waals surface area contributed by atoms with Crippen molar-refractivity contribution in [2.45, 2.75) is 31.3 Å². The lowest BCUT2D eigenvalue weighted by Gasteiger charge is -2.46. The van der Waals surface area contributed by atoms with Crippen LogP contribution in [0.5, 0.6) is 11.5 Å². The Morgan fingerprint density at radius 3 is 2.61 bits per heavy atom. The van der Waals surface area contributed by atoms with Crippen LogP contribution in [0, 0.1) is 11.6 Å². The minimum atomic E-state index is -0.919. The number of carbonyl (C=O) groups is 3. The SMILES string of the molecule is COc1ccc(CCN2C(=O)C3NCCCC3N(CC(=O)Nc3ccc(F)cc3F)C2=O)cc1OC. The van der Waals surface area contributed by atoms with E-state index < -0.39 is 35.7 Å². The van der Waals surface area contributed by atoms with Crippen molar-refractivity contribution in [3.63, 3.8) is 0 Å². The molecule has 2 aromatic rings. The molecule has 2 unspecified atom stereocenters. The fourth-order valence-electron chi connectivity index (χ4n) is 4.62. The summed E-state index contributed by atoms with van der Waals surface area (Å²) in [4.78, 5) is 41.8. The summed E-state index contributed by atoms with van der Waals surface area (Å²) in [5.74, 6) is -1.57. The molecule has 0 aromatic heterocycles. The number of fused-ring (bicyclic) bond motifs is 1. The number of hydrogen-bond acceptors (Lipinski definition) is 6. The van der Waals surface area contributed by atoms with Gasteiger partial charge in [-0.2, -0.15) is 0 Å². The molecule has 11 heteroatoms. The van der Waals surface area contributed by atoms with Gasteiger partial charge in [-0.3, -0.25) is 14.5 Å². The molecule has 2 saturated heterocycles. The van der Waals surface area contributed by atoms with Crippen molar-refractivity contribution in [1.29, 1.82) is 0 Å². The van der Waals surface area contributed by atoms with E-state index in [4.69, 9.17) is 9.47 Å². The molecule has 0 spiro atoms. The van der Waals surface area contributed by atoms with Crippen LogP contribution in [0.2, 0.25) is 0 Å². The van der Waals surface area contributed by atoms with Gasteiger partial charge >= 0.3 is 6.03 Å². The molecule has 192 valence electrons. The summed E-state index contributed by atoms with van der Waals surface area (Å²) >= 11 is 0. The number of hydrogen-bond donors (Lipinski definition) is 2. The number of anilines is 1. The third-order valence-electron chi connectivity index (χ3n) is 6.43. The summed E-state index contributed by atoms with van der Waals surface area (Å²) in [6, 6.07) is 6.43. The summed E-state index contributed by atoms with van der Waals surface area (Å²) in [5, 5.41) is 5.55. The summed E-state index contributed by atoms with van der Waals surface area (Å²) in [7, 11) is 3.06. The Labute approximate surface area is 207 Å². The topological polar surface area (TPSA) is 100 Å². The van der Waals surface area contributed by atoms with Gasteiger partial charge in [-0.25, -0.2) is 13.6 Å². The Morgan fingerprint density at radius 1 is 1.11 bits per heavy atom. The van der Waals surface area contributed by atoms with E-state index in [1.807, 2.05) is 6.07 Å². The van der Waals surface area contributed by atoms with Gasteiger partial charge in [0.1, 0.15) is 24.2 Å². The minimum absolute atomic E-state index is 0.1000. The first-order valence-electron chi connectivity index (χ1n) is 11.6. The van der Waals surface area contributed by atoms with Gasteiger partial charge < -0.3 is 25.0 Å². The maximum absolute atomic E-state index is 14.0. The zero-order valence-electron chi connectivity index (χ0n) is 20.1. The first kappa shape index (κ1) is 25.4. The number of urea groups is 1. The van der Waals surface area contributed by atoms with Crippen LogP contribution in [0.15, 0.2) is 36.4 Å². The predicted molar refractivity (Wildman–Crippen MR) is 127 cm³/mol. The van der Waals surface area contributed by atoms with E-state index in [-0.39, 0.29) is 24.7 Å². The van der Waals surface area contributed by atoms with E-state index in [2.05, 4.69) is 10.6 Å². The summed E-state index contributed by atoms with van der Waals surface area (Å²) in [6.07, 6.45) is 1.66. The molecule has 2 N–H and O–H groups in total. The van der Waals surface area contributed by atoms with Crippen LogP contribution in [-0.2, 0) is 16.0 Å². The van der Waals surface area contributed by atoms with Crippen molar-refractivity contribution in [3.05, 3.63) is 53.6 Å². The molecule has 2 aromatic carbocycles. The van der Waals surface area contributed by atoms with Crippen LogP contribution in [0.4, 0.5) is 19.3 Å². The summed E-state index contributed by atoms with van der Waals surface area (Å²) in [5.41, 5.74) is 0.647. The van der Waals surface area contributed by atoms with Crippen molar-refractivity contribution in [3.8, 4) is 11.5 Å². The van der Waals surface area contributed by atoms with Crippen LogP contribution in [0.25, 0.3) is 0 Å². The average molecular weight is 503 g/mol. The van der Waals surface area contributed by atoms with Crippen molar-refractivity contribution in [2.24, 2.45) is 0 Å². The monoisotopic (exact) mass is 502 g/mol. The highest BCUT2D eigenvalue weighted by molar-refractivity contribution is 6.03. The van der Waals surface area contributed by atoms with Gasteiger partial charge in [0.2, 0.25) is 11.8 Å². The van der Waals surface area contributed by atoms with Crippen molar-refractivity contribution in [1.82, 2.24) is 15.1 Å². The number of nitrogens with zero attached hydrogens (tertiary/aromatic N) is 2. The molecule has 2 atom stereocenters. The van der Waals surface area contributed by atoms with Gasteiger partial charge in [-0.1, -0.05) is 6.07 Å². The van der Waals surface area contributed by atoms with Gasteiger partial charge in [-0.05, 0) is 55.6 Å². The Morgan fingerprint density at radius 2 is 1.89 bits per heavy atom. The molecular formula is C25H28F2N4O5. The quantitative estimate of drug-likeness (QED) is 0.576. The molecular weight excluding hydrogens is 474 g/mol. The number of benzene rings is 2. The fraction of sp³-hybridized carbons (Fsp3) is 0.400. The number of amides is 4. The van der Waals surface area contributed by atoms with E-state index in [1.165, 1.54) is 19.1 Å². The lowest BCUT2D eigenvalue weighted by atomic mass is 9.93. The average Bonchev–Trinajstić information content (AvgIpc) is 2.88. The van der Waals surface area contributed by atoms with Gasteiger partial charge in [0, 0.05) is 12.6 Å². The molecule has 0 saturated carbocycles. The molecule has 0 radical (unpaired) electrons. The third-order valence-corrected chi connectivity index (χ3v) is 6.43. The molecule has 0 aliphatic carbocycles. The smallest absolute Gasteiger partial charge is 0.327 e. The number of halogens is 2. The van der Waals surface area contributed by atoms with E-state index in [9.17, 15) is 23.2 Å². The lowest BCUT2D eigenvalue weighted by Crippen LogP contribution is -2.70. The Hall–Kier alpha value is -3.73. The number of ether oxygens (including phenoxy) is 2. The number of methoxy groups -OCH3 is 2. The highest BCUT2D eigenvalue weighted by Gasteiger charge is 2.47. The molecule has 9 nitrogen and oxygen atoms in total. The predicted octanol–water partition coefficient (Wildman–Crippen LogP) is 2.55. The first-order valence-corrected chi connectivity index (χ1v) is 11.6. The maximum Gasteiger partial charge on any atom is 0.327 e. The second-order valence-corrected chi connectivity index (χ2v) is 8.65. The van der Waals surface area contributed by atoms with Crippen molar-refractivity contribution >= 4 is 23.5 Å². The maximum atomic E-state index is 14.0. The number of piperidine rings is 1. The van der Waals surface area contributed by atoms with Crippen LogP contribution < -0.4 is 20.1 Å². The van der Waals surface area contributed by atoms with Crippen molar-refractivity contribution in [2.75, 3.05) is 39.2 Å². The zero-order valence-corrected chi connectivity index (χ0v) is 20.1. The van der Waals surface area contributed by atoms with E-state index in [0.717, 1.165) is 29.0 Å². The Kier molecular flexibility index (Phi) is 7.68. The molecule has 2 aliphatic heterocycles. The zero-order chi connectivity index (χ0) is 25.8. The fourth-order valence-corrected chi connectivity index (χ4v) is 4.62. The van der Waals surface area contributed by atoms with Crippen molar-refractivity contribution < 1.29 is 32.6 Å². The van der Waals surface area contributed by atoms with Crippen LogP contribution in [0.3, 0.4) is 0 Å². The Balaban J connectivity index is 1.50. The minimum Gasteiger partial charge on any atom is -0.493 e. The number of nitrogens with one attached hydrogen (secondary N) is 2. The normalized spacial score (nSPS) is 19.7. The van der Waals surface area contributed by atoms with Gasteiger partial charge in [0.05, 0.1) is 25.9 Å². The summed E-state index contributed by atoms with van der Waals surface area (Å²) < 4.78 is 37.8. The van der Waals surface area contributed by atoms with Crippen LogP contribution in [-0.4, -0.2) is 73.6 Å². The van der Waals surface area contributed by atoms with E-state index in [1.54, 1.807) is 12.1 Å². The number of carbonyl (C=O) groups excluding carboxylic acids is 3. The molecule has 4 rings (SSSR count). The third kappa shape index (κ3) is 5.25. The molecule has 2 fully saturated rings. The molecule has 2 aliphatic rings. The molecule has 0 bridgehead atoms. The van der Waals surface area contributed by atoms with Gasteiger partial charge in [0.25, 0.3) is 0 Å². The summed E-state index contributed by atoms with van der Waals surface area (Å²) in [6.45, 7) is 0.340. The van der Waals surface area contributed by atoms with Crippen LogP contribution in [0.1, 0.15) is 18.4 Å². The molecule has 36 heavy (non-hydrogen) atoms. The van der Waals surface area contributed by atoms with Gasteiger partial charge in [0.15, 0.2) is 11.5 Å². The second-order valence-electron chi connectivity index (χ2n) is 8.65. The molecule has 4 amide bonds. The Bertz CT molecular complexity index is 1160. The van der Waals surface area contributed by atoms with Crippen LogP contribution >= 0.6 is 0 Å². The molecule has 2 heterocycles. The number of imide groups is 1. The van der Waals surface area contributed by atoms with E-state index >= 15 is 0 Å². The largest absolute Gasteiger partial charge is 0.493 e. The lowest BCUT2D eigenvalue weighted by molar-refractivity contribution is -0.138. The number of rotatable bonds is 8. The highest BCUT2D eigenvalue weighted by Crippen LogP contribution is 2.29. The second kappa shape index (κ2) is 10.9. The standard InChI is InChI=1S/C25H28F2N4O5/c1-35-20-8-5-15(12-21(20)36-2)9-11-30-24(33)23-19(4-3-10-28-23)31(25(30)34)14-22(32)29-18-7-6-16(26)13-17(18)27/h5-8,12-13,19,23,28H,3-4,9-11,14H2,1-2H3,(H,29,32). The van der Waals surface area contributed by atoms with Gasteiger partial charge in [-0.15, -0.1) is 0 Å². The first-order chi connectivity index (χ1) is 17.3. The highest BCUT2D eigenvalue weighted by atomic mass is 19.1.